The maximum atomic E-state index is 10.9. The van der Waals surface area contributed by atoms with Crippen molar-refractivity contribution in [1.29, 1.82) is 0 Å². The SMILES string of the molecule is COC(=O)CC[N+]1(C)CCCC1. The minimum Gasteiger partial charge on any atom is -0.469 e. The van der Waals surface area contributed by atoms with E-state index in [-0.39, 0.29) is 5.97 Å². The minimum absolute atomic E-state index is 0.0822. The van der Waals surface area contributed by atoms with Crippen LogP contribution >= 0.6 is 0 Å². The molecule has 1 aliphatic rings. The number of hydrogen-bond donors (Lipinski definition) is 0. The standard InChI is InChI=1S/C9H18NO2/c1-10(6-3-4-7-10)8-5-9(11)12-2/h3-8H2,1-2H3/q+1. The van der Waals surface area contributed by atoms with Crippen LogP contribution in [-0.4, -0.2) is 44.2 Å². The van der Waals surface area contributed by atoms with Gasteiger partial charge in [-0.2, -0.15) is 0 Å². The van der Waals surface area contributed by atoms with Gasteiger partial charge in [-0.15, -0.1) is 0 Å². The molecule has 0 radical (unpaired) electrons. The Bertz CT molecular complexity index is 162. The van der Waals surface area contributed by atoms with Crippen molar-refractivity contribution in [3.8, 4) is 0 Å². The lowest BCUT2D eigenvalue weighted by molar-refractivity contribution is -0.897. The van der Waals surface area contributed by atoms with E-state index in [0.29, 0.717) is 6.42 Å². The van der Waals surface area contributed by atoms with Gasteiger partial charge in [0.1, 0.15) is 0 Å². The molecule has 0 amide bonds. The molecule has 0 aromatic rings. The van der Waals surface area contributed by atoms with Crippen LogP contribution in [0.4, 0.5) is 0 Å². The van der Waals surface area contributed by atoms with Crippen molar-refractivity contribution >= 4 is 5.97 Å². The van der Waals surface area contributed by atoms with Gasteiger partial charge in [0.15, 0.2) is 0 Å². The Balaban J connectivity index is 2.25. The molecule has 1 fully saturated rings. The normalized spacial score (nSPS) is 20.8. The largest absolute Gasteiger partial charge is 0.469 e. The molecule has 0 aromatic heterocycles. The first-order valence-corrected chi connectivity index (χ1v) is 4.57. The monoisotopic (exact) mass is 172 g/mol. The van der Waals surface area contributed by atoms with E-state index in [1.54, 1.807) is 0 Å². The van der Waals surface area contributed by atoms with Crippen LogP contribution in [0.5, 0.6) is 0 Å². The van der Waals surface area contributed by atoms with Gasteiger partial charge in [0.2, 0.25) is 0 Å². The molecule has 1 heterocycles. The number of ether oxygens (including phenoxy) is 1. The fraction of sp³-hybridized carbons (Fsp3) is 0.889. The fourth-order valence-electron chi connectivity index (χ4n) is 1.79. The van der Waals surface area contributed by atoms with Gasteiger partial charge in [-0.25, -0.2) is 0 Å². The maximum Gasteiger partial charge on any atom is 0.311 e. The van der Waals surface area contributed by atoms with E-state index in [1.165, 1.54) is 33.0 Å². The van der Waals surface area contributed by atoms with E-state index in [4.69, 9.17) is 0 Å². The van der Waals surface area contributed by atoms with Gasteiger partial charge in [0.25, 0.3) is 0 Å². The van der Waals surface area contributed by atoms with Gasteiger partial charge in [0, 0.05) is 12.8 Å². The molecule has 3 nitrogen and oxygen atoms in total. The summed E-state index contributed by atoms with van der Waals surface area (Å²) >= 11 is 0. The van der Waals surface area contributed by atoms with Crippen LogP contribution < -0.4 is 0 Å². The second-order valence-electron chi connectivity index (χ2n) is 3.82. The van der Waals surface area contributed by atoms with E-state index < -0.39 is 0 Å². The Hall–Kier alpha value is -0.570. The average Bonchev–Trinajstić information content (AvgIpc) is 2.49. The summed E-state index contributed by atoms with van der Waals surface area (Å²) in [6.07, 6.45) is 3.17. The van der Waals surface area contributed by atoms with E-state index in [0.717, 1.165) is 11.0 Å². The number of carbonyl (C=O) groups is 1. The average molecular weight is 172 g/mol. The van der Waals surface area contributed by atoms with Gasteiger partial charge >= 0.3 is 5.97 Å². The molecule has 0 bridgehead atoms. The predicted octanol–water partition coefficient (Wildman–Crippen LogP) is 0.790. The molecule has 0 aliphatic carbocycles. The highest BCUT2D eigenvalue weighted by Gasteiger charge is 2.27. The number of rotatable bonds is 3. The van der Waals surface area contributed by atoms with Gasteiger partial charge in [-0.3, -0.25) is 4.79 Å². The second-order valence-corrected chi connectivity index (χ2v) is 3.82. The number of quaternary nitrogens is 1. The lowest BCUT2D eigenvalue weighted by Crippen LogP contribution is -2.42. The highest BCUT2D eigenvalue weighted by atomic mass is 16.5. The first-order valence-electron chi connectivity index (χ1n) is 4.57. The van der Waals surface area contributed by atoms with Crippen molar-refractivity contribution in [2.45, 2.75) is 19.3 Å². The van der Waals surface area contributed by atoms with Crippen molar-refractivity contribution < 1.29 is 14.0 Å². The quantitative estimate of drug-likeness (QED) is 0.465. The van der Waals surface area contributed by atoms with Gasteiger partial charge in [-0.05, 0) is 0 Å². The van der Waals surface area contributed by atoms with Crippen LogP contribution in [0.15, 0.2) is 0 Å². The highest BCUT2D eigenvalue weighted by Crippen LogP contribution is 2.16. The third kappa shape index (κ3) is 2.48. The Morgan fingerprint density at radius 3 is 2.50 bits per heavy atom. The molecular formula is C9H18NO2+. The third-order valence-electron chi connectivity index (χ3n) is 2.73. The van der Waals surface area contributed by atoms with E-state index in [9.17, 15) is 4.79 Å². The molecule has 1 aliphatic heterocycles. The molecule has 12 heavy (non-hydrogen) atoms. The Morgan fingerprint density at radius 2 is 2.00 bits per heavy atom. The smallest absolute Gasteiger partial charge is 0.311 e. The summed E-state index contributed by atoms with van der Waals surface area (Å²) < 4.78 is 5.66. The third-order valence-corrected chi connectivity index (χ3v) is 2.73. The first-order chi connectivity index (χ1) is 5.66. The predicted molar refractivity (Wildman–Crippen MR) is 46.7 cm³/mol. The van der Waals surface area contributed by atoms with Crippen molar-refractivity contribution in [2.24, 2.45) is 0 Å². The summed E-state index contributed by atoms with van der Waals surface area (Å²) in [5, 5.41) is 0. The molecule has 3 heteroatoms. The molecule has 0 saturated carbocycles. The van der Waals surface area contributed by atoms with E-state index in [1.807, 2.05) is 0 Å². The zero-order chi connectivity index (χ0) is 9.03. The van der Waals surface area contributed by atoms with Crippen LogP contribution in [0.3, 0.4) is 0 Å². The number of carbonyl (C=O) groups excluding carboxylic acids is 1. The topological polar surface area (TPSA) is 26.3 Å². The Morgan fingerprint density at radius 1 is 1.42 bits per heavy atom. The summed E-state index contributed by atoms with van der Waals surface area (Å²) in [7, 11) is 3.67. The molecular weight excluding hydrogens is 154 g/mol. The molecule has 0 aromatic carbocycles. The van der Waals surface area contributed by atoms with Gasteiger partial charge < -0.3 is 9.22 Å². The lowest BCUT2D eigenvalue weighted by Gasteiger charge is -2.28. The van der Waals surface area contributed by atoms with Crippen molar-refractivity contribution in [3.05, 3.63) is 0 Å². The van der Waals surface area contributed by atoms with Gasteiger partial charge in [0.05, 0.1) is 40.2 Å². The molecule has 0 atom stereocenters. The zero-order valence-corrected chi connectivity index (χ0v) is 8.01. The second kappa shape index (κ2) is 3.90. The number of esters is 1. The summed E-state index contributed by atoms with van der Waals surface area (Å²) in [6.45, 7) is 3.38. The highest BCUT2D eigenvalue weighted by molar-refractivity contribution is 5.69. The minimum atomic E-state index is -0.0822. The number of likely N-dealkylation sites (tertiary alicyclic amines) is 1. The molecule has 70 valence electrons. The van der Waals surface area contributed by atoms with Crippen LogP contribution in [0.2, 0.25) is 0 Å². The lowest BCUT2D eigenvalue weighted by atomic mass is 10.3. The van der Waals surface area contributed by atoms with Gasteiger partial charge in [-0.1, -0.05) is 0 Å². The fourth-order valence-corrected chi connectivity index (χ4v) is 1.79. The Labute approximate surface area is 73.9 Å². The number of methoxy groups -OCH3 is 1. The molecule has 1 saturated heterocycles. The summed E-state index contributed by atoms with van der Waals surface area (Å²) in [5.74, 6) is -0.0822. The molecule has 0 spiro atoms. The first kappa shape index (κ1) is 9.52. The Kier molecular flexibility index (Phi) is 3.09. The molecule has 0 N–H and O–H groups in total. The van der Waals surface area contributed by atoms with Crippen molar-refractivity contribution in [1.82, 2.24) is 0 Å². The molecule has 1 rings (SSSR count). The number of hydrogen-bond acceptors (Lipinski definition) is 2. The number of nitrogens with zero attached hydrogens (tertiary/aromatic N) is 1. The van der Waals surface area contributed by atoms with Crippen molar-refractivity contribution in [3.63, 3.8) is 0 Å². The van der Waals surface area contributed by atoms with Crippen LogP contribution in [0, 0.1) is 0 Å². The van der Waals surface area contributed by atoms with Crippen LogP contribution in [0.1, 0.15) is 19.3 Å². The zero-order valence-electron chi connectivity index (χ0n) is 8.01. The maximum absolute atomic E-state index is 10.9. The summed E-state index contributed by atoms with van der Waals surface area (Å²) in [5.41, 5.74) is 0. The van der Waals surface area contributed by atoms with Crippen molar-refractivity contribution in [2.75, 3.05) is 33.8 Å². The summed E-state index contributed by atoms with van der Waals surface area (Å²) in [4.78, 5) is 10.9. The van der Waals surface area contributed by atoms with E-state index >= 15 is 0 Å². The van der Waals surface area contributed by atoms with Crippen LogP contribution in [0.25, 0.3) is 0 Å². The molecule has 0 unspecified atom stereocenters. The summed E-state index contributed by atoms with van der Waals surface area (Å²) in [6, 6.07) is 0. The van der Waals surface area contributed by atoms with Crippen LogP contribution in [-0.2, 0) is 9.53 Å². The van der Waals surface area contributed by atoms with E-state index in [2.05, 4.69) is 11.8 Å².